The van der Waals surface area contributed by atoms with E-state index in [1.807, 2.05) is 25.7 Å². The fourth-order valence-electron chi connectivity index (χ4n) is 1.01. The second kappa shape index (κ2) is 5.63. The summed E-state index contributed by atoms with van der Waals surface area (Å²) in [6.45, 7) is 11.9. The molecule has 0 aliphatic rings. The average Bonchev–Trinajstić information content (AvgIpc) is 2.07. The molecule has 3 nitrogen and oxygen atoms in total. The SMILES string of the molecule is C=C(C(=O)NCC)N(CC)CC. The summed E-state index contributed by atoms with van der Waals surface area (Å²) < 4.78 is 0. The van der Waals surface area contributed by atoms with Gasteiger partial charge in [-0.05, 0) is 20.8 Å². The van der Waals surface area contributed by atoms with Gasteiger partial charge in [0.25, 0.3) is 5.91 Å². The topological polar surface area (TPSA) is 32.3 Å². The van der Waals surface area contributed by atoms with E-state index in [2.05, 4.69) is 11.9 Å². The molecule has 1 amide bonds. The predicted octanol–water partition coefficient (Wildman–Crippen LogP) is 0.978. The van der Waals surface area contributed by atoms with Gasteiger partial charge in [0.15, 0.2) is 0 Å². The van der Waals surface area contributed by atoms with Crippen LogP contribution in [-0.4, -0.2) is 30.4 Å². The van der Waals surface area contributed by atoms with Crippen molar-refractivity contribution in [3.8, 4) is 0 Å². The van der Waals surface area contributed by atoms with Gasteiger partial charge in [-0.2, -0.15) is 0 Å². The zero-order chi connectivity index (χ0) is 9.56. The molecule has 1 N–H and O–H groups in total. The number of hydrogen-bond donors (Lipinski definition) is 1. The second-order valence-electron chi connectivity index (χ2n) is 2.48. The third kappa shape index (κ3) is 2.95. The summed E-state index contributed by atoms with van der Waals surface area (Å²) >= 11 is 0. The maximum absolute atomic E-state index is 11.2. The zero-order valence-electron chi connectivity index (χ0n) is 8.18. The number of amides is 1. The molecule has 0 aromatic carbocycles. The van der Waals surface area contributed by atoms with Crippen molar-refractivity contribution in [3.63, 3.8) is 0 Å². The van der Waals surface area contributed by atoms with Crippen LogP contribution >= 0.6 is 0 Å². The van der Waals surface area contributed by atoms with Gasteiger partial charge in [0.05, 0.1) is 5.70 Å². The maximum Gasteiger partial charge on any atom is 0.266 e. The number of carbonyl (C=O) groups is 1. The summed E-state index contributed by atoms with van der Waals surface area (Å²) in [5.74, 6) is -0.0683. The van der Waals surface area contributed by atoms with E-state index in [9.17, 15) is 4.79 Å². The van der Waals surface area contributed by atoms with Gasteiger partial charge in [-0.25, -0.2) is 0 Å². The first-order valence-electron chi connectivity index (χ1n) is 4.39. The quantitative estimate of drug-likeness (QED) is 0.624. The van der Waals surface area contributed by atoms with Crippen molar-refractivity contribution in [2.75, 3.05) is 19.6 Å². The van der Waals surface area contributed by atoms with Crippen LogP contribution < -0.4 is 5.32 Å². The molecule has 0 aliphatic carbocycles. The Labute approximate surface area is 74.4 Å². The highest BCUT2D eigenvalue weighted by molar-refractivity contribution is 5.92. The van der Waals surface area contributed by atoms with Crippen LogP contribution in [0.5, 0.6) is 0 Å². The monoisotopic (exact) mass is 170 g/mol. The number of likely N-dealkylation sites (N-methyl/N-ethyl adjacent to an activating group) is 2. The third-order valence-electron chi connectivity index (χ3n) is 1.74. The lowest BCUT2D eigenvalue weighted by Gasteiger charge is -2.22. The van der Waals surface area contributed by atoms with E-state index in [0.717, 1.165) is 13.1 Å². The van der Waals surface area contributed by atoms with Crippen LogP contribution in [0.25, 0.3) is 0 Å². The molecule has 70 valence electrons. The molecule has 12 heavy (non-hydrogen) atoms. The third-order valence-corrected chi connectivity index (χ3v) is 1.74. The molecule has 0 saturated heterocycles. The van der Waals surface area contributed by atoms with Crippen LogP contribution in [0.2, 0.25) is 0 Å². The number of nitrogens with zero attached hydrogens (tertiary/aromatic N) is 1. The first-order valence-corrected chi connectivity index (χ1v) is 4.39. The average molecular weight is 170 g/mol. The predicted molar refractivity (Wildman–Crippen MR) is 50.7 cm³/mol. The fourth-order valence-corrected chi connectivity index (χ4v) is 1.01. The van der Waals surface area contributed by atoms with Gasteiger partial charge in [0.1, 0.15) is 0 Å². The van der Waals surface area contributed by atoms with Crippen molar-refractivity contribution in [3.05, 3.63) is 12.3 Å². The Bertz CT molecular complexity index is 162. The minimum absolute atomic E-state index is 0.0683. The Balaban J connectivity index is 4.07. The summed E-state index contributed by atoms with van der Waals surface area (Å²) in [7, 11) is 0. The first-order chi connectivity index (χ1) is 5.67. The highest BCUT2D eigenvalue weighted by Gasteiger charge is 2.10. The Kier molecular flexibility index (Phi) is 5.17. The van der Waals surface area contributed by atoms with Crippen molar-refractivity contribution in [2.45, 2.75) is 20.8 Å². The molecule has 0 saturated carbocycles. The fraction of sp³-hybridized carbons (Fsp3) is 0.667. The first kappa shape index (κ1) is 11.0. The van der Waals surface area contributed by atoms with Crippen LogP contribution in [0.1, 0.15) is 20.8 Å². The smallest absolute Gasteiger partial charge is 0.266 e. The van der Waals surface area contributed by atoms with Gasteiger partial charge < -0.3 is 10.2 Å². The van der Waals surface area contributed by atoms with Crippen molar-refractivity contribution in [2.24, 2.45) is 0 Å². The van der Waals surface area contributed by atoms with Crippen LogP contribution in [-0.2, 0) is 4.79 Å². The van der Waals surface area contributed by atoms with E-state index in [4.69, 9.17) is 0 Å². The molecule has 0 bridgehead atoms. The number of hydrogen-bond acceptors (Lipinski definition) is 2. The molecule has 0 fully saturated rings. The summed E-state index contributed by atoms with van der Waals surface area (Å²) in [6, 6.07) is 0. The van der Waals surface area contributed by atoms with Gasteiger partial charge >= 0.3 is 0 Å². The van der Waals surface area contributed by atoms with Gasteiger partial charge in [0.2, 0.25) is 0 Å². The Morgan fingerprint density at radius 2 is 1.83 bits per heavy atom. The van der Waals surface area contributed by atoms with Gasteiger partial charge in [0, 0.05) is 19.6 Å². The summed E-state index contributed by atoms with van der Waals surface area (Å²) in [5.41, 5.74) is 0.557. The van der Waals surface area contributed by atoms with Gasteiger partial charge in [-0.15, -0.1) is 0 Å². The molecule has 0 aromatic heterocycles. The second-order valence-corrected chi connectivity index (χ2v) is 2.48. The molecule has 0 aromatic rings. The number of rotatable bonds is 5. The van der Waals surface area contributed by atoms with Gasteiger partial charge in [-0.3, -0.25) is 4.79 Å². The van der Waals surface area contributed by atoms with Crippen LogP contribution in [0.3, 0.4) is 0 Å². The molecular formula is C9H18N2O. The lowest BCUT2D eigenvalue weighted by molar-refractivity contribution is -0.118. The molecule has 0 aliphatic heterocycles. The maximum atomic E-state index is 11.2. The van der Waals surface area contributed by atoms with E-state index in [1.54, 1.807) is 0 Å². The molecule has 0 rings (SSSR count). The van der Waals surface area contributed by atoms with E-state index >= 15 is 0 Å². The standard InChI is InChI=1S/C9H18N2O/c1-5-10-9(12)8(4)11(6-2)7-3/h4-7H2,1-3H3,(H,10,12). The summed E-state index contributed by atoms with van der Waals surface area (Å²) in [6.07, 6.45) is 0. The Morgan fingerprint density at radius 1 is 1.33 bits per heavy atom. The van der Waals surface area contributed by atoms with Crippen molar-refractivity contribution < 1.29 is 4.79 Å². The Morgan fingerprint density at radius 3 is 2.17 bits per heavy atom. The molecule has 3 heteroatoms. The molecule has 0 spiro atoms. The minimum atomic E-state index is -0.0683. The largest absolute Gasteiger partial charge is 0.368 e. The van der Waals surface area contributed by atoms with E-state index in [-0.39, 0.29) is 5.91 Å². The number of carbonyl (C=O) groups excluding carboxylic acids is 1. The highest BCUT2D eigenvalue weighted by Crippen LogP contribution is 1.99. The summed E-state index contributed by atoms with van der Waals surface area (Å²) in [5, 5.41) is 2.71. The lowest BCUT2D eigenvalue weighted by atomic mass is 10.3. The van der Waals surface area contributed by atoms with Crippen LogP contribution in [0, 0.1) is 0 Å². The highest BCUT2D eigenvalue weighted by atomic mass is 16.2. The molecule has 0 atom stereocenters. The minimum Gasteiger partial charge on any atom is -0.368 e. The van der Waals surface area contributed by atoms with Crippen molar-refractivity contribution >= 4 is 5.91 Å². The van der Waals surface area contributed by atoms with Crippen molar-refractivity contribution in [1.82, 2.24) is 10.2 Å². The molecule has 0 unspecified atom stereocenters. The van der Waals surface area contributed by atoms with Crippen molar-refractivity contribution in [1.29, 1.82) is 0 Å². The van der Waals surface area contributed by atoms with E-state index in [0.29, 0.717) is 12.2 Å². The zero-order valence-corrected chi connectivity index (χ0v) is 8.18. The Hall–Kier alpha value is -0.990. The molecule has 0 radical (unpaired) electrons. The molecular weight excluding hydrogens is 152 g/mol. The lowest BCUT2D eigenvalue weighted by Crippen LogP contribution is -2.34. The van der Waals surface area contributed by atoms with E-state index < -0.39 is 0 Å². The van der Waals surface area contributed by atoms with Crippen LogP contribution in [0.15, 0.2) is 12.3 Å². The van der Waals surface area contributed by atoms with Crippen LogP contribution in [0.4, 0.5) is 0 Å². The molecule has 0 heterocycles. The summed E-state index contributed by atoms with van der Waals surface area (Å²) in [4.78, 5) is 13.2. The number of nitrogens with one attached hydrogen (secondary N) is 1. The van der Waals surface area contributed by atoms with Gasteiger partial charge in [-0.1, -0.05) is 6.58 Å². The normalized spacial score (nSPS) is 9.25. The van der Waals surface area contributed by atoms with E-state index in [1.165, 1.54) is 0 Å².